The molecule has 2 aliphatic rings. The number of esters is 1. The summed E-state index contributed by atoms with van der Waals surface area (Å²) in [7, 11) is 0. The molecule has 1 aliphatic heterocycles. The molecule has 0 aromatic rings. The maximum Gasteiger partial charge on any atom is 0.345 e. The number of nitrogens with one attached hydrogen (secondary N) is 1. The fourth-order valence-corrected chi connectivity index (χ4v) is 2.54. The molecule has 0 fully saturated rings. The van der Waals surface area contributed by atoms with E-state index in [9.17, 15) is 9.59 Å². The minimum Gasteiger partial charge on any atom is -0.462 e. The number of fused-ring (bicyclic) bond motifs is 1. The van der Waals surface area contributed by atoms with Gasteiger partial charge < -0.3 is 10.1 Å². The Morgan fingerprint density at radius 1 is 1.45 bits per heavy atom. The summed E-state index contributed by atoms with van der Waals surface area (Å²) in [4.78, 5) is 28.3. The summed E-state index contributed by atoms with van der Waals surface area (Å²) >= 11 is 5.96. The molecule has 0 aromatic carbocycles. The number of nitrogens with zero attached hydrogens (tertiary/aromatic N) is 1. The Morgan fingerprint density at radius 3 is 2.91 bits per heavy atom. The van der Waals surface area contributed by atoms with Crippen LogP contribution in [0.15, 0.2) is 39.5 Å². The summed E-state index contributed by atoms with van der Waals surface area (Å²) in [5.41, 5.74) is 1.09. The van der Waals surface area contributed by atoms with Crippen molar-refractivity contribution in [3.05, 3.63) is 34.5 Å². The predicted molar refractivity (Wildman–Crippen MR) is 85.6 cm³/mol. The number of ether oxygens (including phenoxy) is 1. The van der Waals surface area contributed by atoms with Crippen LogP contribution in [0, 0.1) is 5.92 Å². The number of dihydropyridines is 1. The first-order chi connectivity index (χ1) is 10.6. The molecular weight excluding hydrogens is 304 g/mol. The van der Waals surface area contributed by atoms with Crippen molar-refractivity contribution in [1.29, 1.82) is 0 Å². The molecule has 1 aliphatic carbocycles. The minimum atomic E-state index is -0.636. The average molecular weight is 323 g/mol. The average Bonchev–Trinajstić information content (AvgIpc) is 2.46. The molecule has 118 valence electrons. The van der Waals surface area contributed by atoms with Gasteiger partial charge in [-0.05, 0) is 25.5 Å². The molecule has 1 heterocycles. The Kier molecular flexibility index (Phi) is 5.55. The Hall–Kier alpha value is -1.88. The van der Waals surface area contributed by atoms with Gasteiger partial charge in [0, 0.05) is 17.3 Å². The van der Waals surface area contributed by atoms with Crippen LogP contribution in [-0.2, 0) is 14.3 Å². The van der Waals surface area contributed by atoms with Gasteiger partial charge in [0.15, 0.2) is 0 Å². The maximum absolute atomic E-state index is 12.2. The predicted octanol–water partition coefficient (Wildman–Crippen LogP) is 2.48. The van der Waals surface area contributed by atoms with E-state index in [-0.39, 0.29) is 18.1 Å². The summed E-state index contributed by atoms with van der Waals surface area (Å²) < 4.78 is 5.00. The van der Waals surface area contributed by atoms with Gasteiger partial charge in [0.1, 0.15) is 5.57 Å². The smallest absolute Gasteiger partial charge is 0.345 e. The molecule has 1 unspecified atom stereocenters. The number of hydrogen-bond donors (Lipinski definition) is 1. The molecule has 1 N–H and O–H groups in total. The summed E-state index contributed by atoms with van der Waals surface area (Å²) in [5, 5.41) is 3.72. The number of halogens is 1. The molecule has 0 aromatic heterocycles. The van der Waals surface area contributed by atoms with Crippen LogP contribution in [0.2, 0.25) is 0 Å². The number of aliphatic imine (C=N–C) groups is 1. The third-order valence-electron chi connectivity index (χ3n) is 3.40. The lowest BCUT2D eigenvalue weighted by Gasteiger charge is -2.26. The van der Waals surface area contributed by atoms with Crippen LogP contribution in [0.3, 0.4) is 0 Å². The second kappa shape index (κ2) is 7.40. The normalized spacial score (nSPS) is 20.3. The highest BCUT2D eigenvalue weighted by Crippen LogP contribution is 2.29. The quantitative estimate of drug-likeness (QED) is 0.463. The minimum absolute atomic E-state index is 0.0113. The summed E-state index contributed by atoms with van der Waals surface area (Å²) in [6.07, 6.45) is 7.17. The monoisotopic (exact) mass is 322 g/mol. The molecular formula is C16H19ClN2O3. The van der Waals surface area contributed by atoms with E-state index in [1.807, 2.05) is 6.08 Å². The van der Waals surface area contributed by atoms with Crippen molar-refractivity contribution in [3.8, 4) is 0 Å². The molecule has 0 saturated heterocycles. The van der Waals surface area contributed by atoms with Crippen molar-refractivity contribution in [1.82, 2.24) is 5.32 Å². The Bertz CT molecular complexity index is 603. The lowest BCUT2D eigenvalue weighted by atomic mass is 9.89. The molecule has 0 bridgehead atoms. The number of unbranched alkanes of at least 4 members (excludes halogenated alkanes) is 1. The van der Waals surface area contributed by atoms with E-state index in [2.05, 4.69) is 17.2 Å². The Balaban J connectivity index is 2.38. The zero-order chi connectivity index (χ0) is 16.1. The largest absolute Gasteiger partial charge is 0.462 e. The van der Waals surface area contributed by atoms with Crippen LogP contribution < -0.4 is 5.32 Å². The van der Waals surface area contributed by atoms with Crippen LogP contribution in [-0.4, -0.2) is 30.7 Å². The van der Waals surface area contributed by atoms with E-state index in [1.54, 1.807) is 19.1 Å². The van der Waals surface area contributed by atoms with Crippen molar-refractivity contribution in [2.24, 2.45) is 10.9 Å². The van der Waals surface area contributed by atoms with E-state index >= 15 is 0 Å². The first-order valence-electron chi connectivity index (χ1n) is 7.42. The van der Waals surface area contributed by atoms with Gasteiger partial charge in [0.05, 0.1) is 18.2 Å². The van der Waals surface area contributed by atoms with Gasteiger partial charge in [-0.2, -0.15) is 0 Å². The van der Waals surface area contributed by atoms with E-state index in [0.717, 1.165) is 12.8 Å². The molecule has 5 nitrogen and oxygen atoms in total. The second-order valence-corrected chi connectivity index (χ2v) is 5.43. The zero-order valence-electron chi connectivity index (χ0n) is 12.7. The van der Waals surface area contributed by atoms with Crippen molar-refractivity contribution in [3.63, 3.8) is 0 Å². The van der Waals surface area contributed by atoms with Gasteiger partial charge in [0.25, 0.3) is 5.91 Å². The molecule has 1 atom stereocenters. The van der Waals surface area contributed by atoms with Crippen LogP contribution in [0.1, 0.15) is 26.7 Å². The van der Waals surface area contributed by atoms with Gasteiger partial charge in [0.2, 0.25) is 0 Å². The van der Waals surface area contributed by atoms with Crippen LogP contribution in [0.4, 0.5) is 0 Å². The fourth-order valence-electron chi connectivity index (χ4n) is 2.35. The van der Waals surface area contributed by atoms with Crippen molar-refractivity contribution in [2.45, 2.75) is 26.7 Å². The number of amides is 1. The molecule has 22 heavy (non-hydrogen) atoms. The summed E-state index contributed by atoms with van der Waals surface area (Å²) in [6.45, 7) is 4.66. The third kappa shape index (κ3) is 3.47. The molecule has 0 saturated carbocycles. The first-order valence-corrected chi connectivity index (χ1v) is 7.79. The van der Waals surface area contributed by atoms with Gasteiger partial charge in [-0.3, -0.25) is 4.79 Å². The van der Waals surface area contributed by atoms with Gasteiger partial charge in [-0.15, -0.1) is 0 Å². The summed E-state index contributed by atoms with van der Waals surface area (Å²) in [6, 6.07) is 0. The van der Waals surface area contributed by atoms with E-state index < -0.39 is 11.9 Å². The molecule has 1 amide bonds. The third-order valence-corrected chi connectivity index (χ3v) is 3.64. The number of allylic oxidation sites excluding steroid dienone is 4. The lowest BCUT2D eigenvalue weighted by molar-refractivity contribution is -0.140. The van der Waals surface area contributed by atoms with Crippen LogP contribution >= 0.6 is 11.6 Å². The Morgan fingerprint density at radius 2 is 2.23 bits per heavy atom. The molecule has 0 spiro atoms. The highest BCUT2D eigenvalue weighted by Gasteiger charge is 2.35. The van der Waals surface area contributed by atoms with E-state index in [4.69, 9.17) is 16.3 Å². The van der Waals surface area contributed by atoms with Crippen LogP contribution in [0.5, 0.6) is 0 Å². The van der Waals surface area contributed by atoms with Crippen LogP contribution in [0.25, 0.3) is 0 Å². The highest BCUT2D eigenvalue weighted by atomic mass is 35.5. The van der Waals surface area contributed by atoms with E-state index in [1.165, 1.54) is 0 Å². The zero-order valence-corrected chi connectivity index (χ0v) is 13.4. The summed E-state index contributed by atoms with van der Waals surface area (Å²) in [5.74, 6) is -1.49. The Labute approximate surface area is 134 Å². The fraction of sp³-hybridized carbons (Fsp3) is 0.438. The second-order valence-electron chi connectivity index (χ2n) is 5.00. The standard InChI is InChI=1S/C16H19ClN2O3/c1-3-5-8-18-14-11-7-6-10(17)9-12(11)19-15(20)13(14)16(21)22-4-2/h6-7,9,11,18H,3-5,8H2,1-2H3. The maximum atomic E-state index is 12.2. The highest BCUT2D eigenvalue weighted by molar-refractivity contribution is 6.34. The van der Waals surface area contributed by atoms with Gasteiger partial charge in [-0.25, -0.2) is 9.79 Å². The number of carbonyl (C=O) groups is 2. The number of rotatable bonds is 6. The van der Waals surface area contributed by atoms with Crippen molar-refractivity contribution >= 4 is 29.2 Å². The lowest BCUT2D eigenvalue weighted by Crippen LogP contribution is -2.36. The van der Waals surface area contributed by atoms with Gasteiger partial charge in [-0.1, -0.05) is 31.0 Å². The topological polar surface area (TPSA) is 67.8 Å². The van der Waals surface area contributed by atoms with E-state index in [0.29, 0.717) is 23.0 Å². The molecule has 6 heteroatoms. The molecule has 0 radical (unpaired) electrons. The number of carbonyl (C=O) groups excluding carboxylic acids is 2. The van der Waals surface area contributed by atoms with Crippen molar-refractivity contribution in [2.75, 3.05) is 13.2 Å². The van der Waals surface area contributed by atoms with Crippen molar-refractivity contribution < 1.29 is 14.3 Å². The first kappa shape index (κ1) is 16.5. The molecule has 2 rings (SSSR count). The number of hydrogen-bond acceptors (Lipinski definition) is 4. The SMILES string of the molecule is CCCCNC1=C(C(=O)OCC)C(=O)N=C2C=C(Cl)C=CC21. The van der Waals surface area contributed by atoms with Gasteiger partial charge >= 0.3 is 5.97 Å².